The molecule has 0 fully saturated rings. The summed E-state index contributed by atoms with van der Waals surface area (Å²) in [6, 6.07) is 17.5. The summed E-state index contributed by atoms with van der Waals surface area (Å²) in [5.41, 5.74) is 5.60. The van der Waals surface area contributed by atoms with Crippen LogP contribution in [-0.4, -0.2) is 0 Å². The highest BCUT2D eigenvalue weighted by Crippen LogP contribution is 2.38. The summed E-state index contributed by atoms with van der Waals surface area (Å²) >= 11 is 0. The van der Waals surface area contributed by atoms with Gasteiger partial charge in [-0.2, -0.15) is 0 Å². The van der Waals surface area contributed by atoms with Crippen LogP contribution < -0.4 is 0 Å². The first kappa shape index (κ1) is 12.1. The minimum Gasteiger partial charge on any atom is -0.0619 e. The van der Waals surface area contributed by atoms with Crippen LogP contribution in [0.15, 0.2) is 48.5 Å². The second-order valence-electron chi connectivity index (χ2n) is 5.55. The Morgan fingerprint density at radius 1 is 0.789 bits per heavy atom. The lowest BCUT2D eigenvalue weighted by molar-refractivity contribution is 0.727. The SMILES string of the molecule is C[C+](C)CC1c2ccccc2C=Cc2ccccc21. The summed E-state index contributed by atoms with van der Waals surface area (Å²) in [6.45, 7) is 4.45. The van der Waals surface area contributed by atoms with Crippen molar-refractivity contribution in [2.75, 3.05) is 0 Å². The Bertz CT molecular complexity index is 555. The number of fused-ring (bicyclic) bond motifs is 2. The van der Waals surface area contributed by atoms with Gasteiger partial charge in [0, 0.05) is 0 Å². The number of rotatable bonds is 2. The molecule has 0 bridgehead atoms. The van der Waals surface area contributed by atoms with E-state index in [1.165, 1.54) is 28.2 Å². The van der Waals surface area contributed by atoms with E-state index in [-0.39, 0.29) is 0 Å². The first-order chi connectivity index (χ1) is 9.25. The Balaban J connectivity index is 2.18. The van der Waals surface area contributed by atoms with Crippen molar-refractivity contribution in [3.63, 3.8) is 0 Å². The van der Waals surface area contributed by atoms with E-state index in [2.05, 4.69) is 74.5 Å². The summed E-state index contributed by atoms with van der Waals surface area (Å²) in [6.07, 6.45) is 5.62. The highest BCUT2D eigenvalue weighted by molar-refractivity contribution is 5.76. The largest absolute Gasteiger partial charge is 0.100 e. The zero-order valence-electron chi connectivity index (χ0n) is 11.6. The average Bonchev–Trinajstić information content (AvgIpc) is 2.57. The van der Waals surface area contributed by atoms with Crippen molar-refractivity contribution in [1.29, 1.82) is 0 Å². The minimum atomic E-state index is 0.479. The molecule has 94 valence electrons. The van der Waals surface area contributed by atoms with Crippen LogP contribution in [0.25, 0.3) is 12.2 Å². The van der Waals surface area contributed by atoms with Gasteiger partial charge in [0.1, 0.15) is 6.42 Å². The number of hydrogen-bond donors (Lipinski definition) is 0. The van der Waals surface area contributed by atoms with Crippen molar-refractivity contribution >= 4 is 12.2 Å². The second-order valence-corrected chi connectivity index (χ2v) is 5.55. The molecule has 1 aliphatic carbocycles. The van der Waals surface area contributed by atoms with E-state index < -0.39 is 0 Å². The van der Waals surface area contributed by atoms with Crippen LogP contribution in [0.2, 0.25) is 0 Å². The molecule has 0 saturated heterocycles. The van der Waals surface area contributed by atoms with Crippen LogP contribution in [0.3, 0.4) is 0 Å². The lowest BCUT2D eigenvalue weighted by atomic mass is 9.82. The molecule has 0 aromatic heterocycles. The van der Waals surface area contributed by atoms with Gasteiger partial charge in [-0.25, -0.2) is 0 Å². The maximum absolute atomic E-state index is 2.27. The number of benzene rings is 2. The summed E-state index contributed by atoms with van der Waals surface area (Å²) in [7, 11) is 0. The quantitative estimate of drug-likeness (QED) is 0.631. The van der Waals surface area contributed by atoms with E-state index in [4.69, 9.17) is 0 Å². The Morgan fingerprint density at radius 3 is 1.74 bits per heavy atom. The molecule has 0 atom stereocenters. The van der Waals surface area contributed by atoms with Crippen LogP contribution in [0.4, 0.5) is 0 Å². The molecule has 1 aliphatic rings. The molecule has 0 aliphatic heterocycles. The first-order valence-corrected chi connectivity index (χ1v) is 6.90. The van der Waals surface area contributed by atoms with Crippen molar-refractivity contribution in [2.45, 2.75) is 26.2 Å². The lowest BCUT2D eigenvalue weighted by Gasteiger charge is -2.18. The van der Waals surface area contributed by atoms with Crippen LogP contribution in [-0.2, 0) is 0 Å². The van der Waals surface area contributed by atoms with Crippen molar-refractivity contribution in [1.82, 2.24) is 0 Å². The zero-order chi connectivity index (χ0) is 13.2. The Labute approximate surface area is 115 Å². The van der Waals surface area contributed by atoms with E-state index in [1.54, 1.807) is 0 Å². The molecule has 0 heterocycles. The molecule has 0 nitrogen and oxygen atoms in total. The van der Waals surface area contributed by atoms with E-state index in [1.807, 2.05) is 0 Å². The average molecular weight is 247 g/mol. The van der Waals surface area contributed by atoms with Crippen LogP contribution in [0.5, 0.6) is 0 Å². The van der Waals surface area contributed by atoms with Gasteiger partial charge < -0.3 is 0 Å². The van der Waals surface area contributed by atoms with Crippen molar-refractivity contribution in [3.05, 3.63) is 76.7 Å². The van der Waals surface area contributed by atoms with Crippen molar-refractivity contribution in [2.24, 2.45) is 0 Å². The normalized spacial score (nSPS) is 13.6. The minimum absolute atomic E-state index is 0.479. The molecular weight excluding hydrogens is 228 g/mol. The van der Waals surface area contributed by atoms with Gasteiger partial charge in [0.25, 0.3) is 0 Å². The first-order valence-electron chi connectivity index (χ1n) is 6.90. The third-order valence-electron chi connectivity index (χ3n) is 3.80. The maximum Gasteiger partial charge on any atom is 0.100 e. The monoisotopic (exact) mass is 247 g/mol. The molecule has 0 saturated carbocycles. The topological polar surface area (TPSA) is 0 Å². The van der Waals surface area contributed by atoms with Crippen molar-refractivity contribution < 1.29 is 0 Å². The smallest absolute Gasteiger partial charge is 0.0619 e. The van der Waals surface area contributed by atoms with E-state index in [9.17, 15) is 0 Å². The standard InChI is InChI=1S/C19H19/c1-14(2)13-19-17-9-5-3-7-15(17)11-12-16-8-4-6-10-18(16)19/h3-12,19H,13H2,1-2H3/q+1. The van der Waals surface area contributed by atoms with Crippen molar-refractivity contribution in [3.8, 4) is 0 Å². The van der Waals surface area contributed by atoms with Crippen LogP contribution >= 0.6 is 0 Å². The summed E-state index contributed by atoms with van der Waals surface area (Å²) < 4.78 is 0. The molecule has 2 aromatic rings. The third kappa shape index (κ3) is 2.31. The highest BCUT2D eigenvalue weighted by atomic mass is 14.2. The Kier molecular flexibility index (Phi) is 3.16. The molecule has 19 heavy (non-hydrogen) atoms. The fraction of sp³-hybridized carbons (Fsp3) is 0.211. The summed E-state index contributed by atoms with van der Waals surface area (Å²) in [4.78, 5) is 0. The van der Waals surface area contributed by atoms with Gasteiger partial charge in [-0.3, -0.25) is 0 Å². The van der Waals surface area contributed by atoms with E-state index >= 15 is 0 Å². The Hall–Kier alpha value is -1.95. The molecular formula is C19H19+. The fourth-order valence-electron chi connectivity index (χ4n) is 2.94. The van der Waals surface area contributed by atoms with E-state index in [0.717, 1.165) is 6.42 Å². The molecule has 3 rings (SSSR count). The van der Waals surface area contributed by atoms with Gasteiger partial charge in [-0.1, -0.05) is 60.7 Å². The van der Waals surface area contributed by atoms with Gasteiger partial charge in [0.15, 0.2) is 0 Å². The van der Waals surface area contributed by atoms with E-state index in [0.29, 0.717) is 5.92 Å². The summed E-state index contributed by atoms with van der Waals surface area (Å²) in [5, 5.41) is 0. The highest BCUT2D eigenvalue weighted by Gasteiger charge is 2.25. The second kappa shape index (κ2) is 4.97. The maximum atomic E-state index is 2.27. The predicted molar refractivity (Wildman–Crippen MR) is 82.9 cm³/mol. The fourth-order valence-corrected chi connectivity index (χ4v) is 2.94. The summed E-state index contributed by atoms with van der Waals surface area (Å²) in [5.74, 6) is 1.96. The van der Waals surface area contributed by atoms with Crippen LogP contribution in [0, 0.1) is 5.92 Å². The van der Waals surface area contributed by atoms with Gasteiger partial charge in [-0.05, 0) is 22.3 Å². The van der Waals surface area contributed by atoms with Gasteiger partial charge in [-0.15, -0.1) is 0 Å². The molecule has 0 radical (unpaired) electrons. The van der Waals surface area contributed by atoms with Gasteiger partial charge >= 0.3 is 0 Å². The van der Waals surface area contributed by atoms with Crippen LogP contribution in [0.1, 0.15) is 48.4 Å². The number of hydrogen-bond acceptors (Lipinski definition) is 0. The molecule has 0 spiro atoms. The molecule has 2 aromatic carbocycles. The Morgan fingerprint density at radius 2 is 1.26 bits per heavy atom. The molecule has 0 N–H and O–H groups in total. The molecule has 0 unspecified atom stereocenters. The van der Waals surface area contributed by atoms with Gasteiger partial charge in [0.2, 0.25) is 0 Å². The zero-order valence-corrected chi connectivity index (χ0v) is 11.6. The molecule has 0 amide bonds. The third-order valence-corrected chi connectivity index (χ3v) is 3.80. The molecule has 0 heteroatoms. The van der Waals surface area contributed by atoms with Gasteiger partial charge in [0.05, 0.1) is 25.7 Å². The predicted octanol–water partition coefficient (Wildman–Crippen LogP) is 5.31. The lowest BCUT2D eigenvalue weighted by Crippen LogP contribution is -2.06.